The third-order valence-electron chi connectivity index (χ3n) is 5.18. The number of nitrogens with one attached hydrogen (secondary N) is 2. The number of sulfonamides is 1. The molecule has 32 heavy (non-hydrogen) atoms. The Balaban J connectivity index is 1.44. The van der Waals surface area contributed by atoms with Crippen LogP contribution >= 0.6 is 11.6 Å². The molecule has 1 saturated heterocycles. The highest BCUT2D eigenvalue weighted by atomic mass is 35.5. The van der Waals surface area contributed by atoms with Crippen molar-refractivity contribution >= 4 is 33.2 Å². The van der Waals surface area contributed by atoms with E-state index in [0.717, 1.165) is 5.56 Å². The van der Waals surface area contributed by atoms with Gasteiger partial charge in [-0.05, 0) is 62.0 Å². The van der Waals surface area contributed by atoms with Gasteiger partial charge in [-0.1, -0.05) is 16.8 Å². The van der Waals surface area contributed by atoms with E-state index in [2.05, 4.69) is 20.2 Å². The lowest BCUT2D eigenvalue weighted by molar-refractivity contribution is -0.114. The number of benzene rings is 2. The lowest BCUT2D eigenvalue weighted by Crippen LogP contribution is -2.36. The van der Waals surface area contributed by atoms with Crippen molar-refractivity contribution < 1.29 is 17.7 Å². The summed E-state index contributed by atoms with van der Waals surface area (Å²) in [5.74, 6) is 0.658. The maximum Gasteiger partial charge on any atom is 0.244 e. The number of aromatic nitrogens is 2. The van der Waals surface area contributed by atoms with Crippen molar-refractivity contribution in [2.75, 3.05) is 18.9 Å². The number of anilines is 1. The lowest BCUT2D eigenvalue weighted by Gasteiger charge is -2.14. The van der Waals surface area contributed by atoms with E-state index in [0.29, 0.717) is 35.4 Å². The Kier molecular flexibility index (Phi) is 6.29. The quantitative estimate of drug-likeness (QED) is 0.562. The van der Waals surface area contributed by atoms with Gasteiger partial charge in [-0.3, -0.25) is 9.69 Å². The molecule has 11 heteroatoms. The summed E-state index contributed by atoms with van der Waals surface area (Å²) in [4.78, 5) is 17.7. The van der Waals surface area contributed by atoms with Gasteiger partial charge in [0, 0.05) is 35.8 Å². The minimum Gasteiger partial charge on any atom is -0.337 e. The highest BCUT2D eigenvalue weighted by Crippen LogP contribution is 2.32. The van der Waals surface area contributed by atoms with Gasteiger partial charge in [-0.2, -0.15) is 4.98 Å². The van der Waals surface area contributed by atoms with Crippen LogP contribution in [0.2, 0.25) is 5.02 Å². The van der Waals surface area contributed by atoms with Crippen molar-refractivity contribution in [2.24, 2.45) is 0 Å². The number of nitrogens with zero attached hydrogens (tertiary/aromatic N) is 3. The number of carbonyl (C=O) groups is 1. The minimum absolute atomic E-state index is 0.125. The van der Waals surface area contributed by atoms with Crippen LogP contribution in [-0.4, -0.2) is 49.0 Å². The van der Waals surface area contributed by atoms with E-state index in [1.54, 1.807) is 24.3 Å². The summed E-state index contributed by atoms with van der Waals surface area (Å²) >= 11 is 5.92. The Morgan fingerprint density at radius 3 is 2.50 bits per heavy atom. The van der Waals surface area contributed by atoms with Gasteiger partial charge in [0.05, 0.1) is 10.9 Å². The molecule has 0 radical (unpaired) electrons. The van der Waals surface area contributed by atoms with E-state index in [4.69, 9.17) is 16.1 Å². The number of amides is 1. The second kappa shape index (κ2) is 8.99. The summed E-state index contributed by atoms with van der Waals surface area (Å²) in [6.07, 6.45) is 0.488. The van der Waals surface area contributed by atoms with Crippen LogP contribution in [0.25, 0.3) is 11.4 Å². The molecule has 1 amide bonds. The third-order valence-corrected chi connectivity index (χ3v) is 6.97. The molecule has 1 aliphatic heterocycles. The molecule has 0 spiro atoms. The highest BCUT2D eigenvalue weighted by molar-refractivity contribution is 7.89. The van der Waals surface area contributed by atoms with Crippen molar-refractivity contribution in [2.45, 2.75) is 30.3 Å². The third kappa shape index (κ3) is 4.99. The van der Waals surface area contributed by atoms with Crippen LogP contribution in [0.15, 0.2) is 57.9 Å². The average molecular weight is 476 g/mol. The molecule has 4 rings (SSSR count). The fourth-order valence-corrected chi connectivity index (χ4v) is 5.03. The van der Waals surface area contributed by atoms with Gasteiger partial charge in [-0.25, -0.2) is 13.1 Å². The maximum atomic E-state index is 12.8. The van der Waals surface area contributed by atoms with Crippen molar-refractivity contribution in [3.8, 4) is 11.4 Å². The molecule has 2 heterocycles. The Morgan fingerprint density at radius 1 is 1.16 bits per heavy atom. The number of carbonyl (C=O) groups excluding carboxylic acids is 1. The minimum atomic E-state index is -3.73. The molecule has 2 atom stereocenters. The maximum absolute atomic E-state index is 12.8. The molecule has 2 aromatic carbocycles. The van der Waals surface area contributed by atoms with Crippen molar-refractivity contribution in [3.63, 3.8) is 0 Å². The molecule has 0 aliphatic carbocycles. The van der Waals surface area contributed by atoms with Gasteiger partial charge >= 0.3 is 0 Å². The molecular formula is C21H22ClN5O4S. The molecular weight excluding hydrogens is 454 g/mol. The summed E-state index contributed by atoms with van der Waals surface area (Å²) in [5.41, 5.74) is 1.31. The van der Waals surface area contributed by atoms with E-state index < -0.39 is 10.0 Å². The van der Waals surface area contributed by atoms with Crippen LogP contribution in [-0.2, 0) is 14.8 Å². The largest absolute Gasteiger partial charge is 0.337 e. The summed E-state index contributed by atoms with van der Waals surface area (Å²) < 4.78 is 33.8. The smallest absolute Gasteiger partial charge is 0.244 e. The first-order valence-corrected chi connectivity index (χ1v) is 11.8. The van der Waals surface area contributed by atoms with Gasteiger partial charge < -0.3 is 9.84 Å². The molecule has 1 fully saturated rings. The van der Waals surface area contributed by atoms with E-state index in [1.807, 2.05) is 24.1 Å². The molecule has 1 aromatic heterocycles. The van der Waals surface area contributed by atoms with Crippen LogP contribution in [0.1, 0.15) is 25.3 Å². The van der Waals surface area contributed by atoms with Crippen LogP contribution < -0.4 is 10.0 Å². The summed E-state index contributed by atoms with van der Waals surface area (Å²) in [5, 5.41) is 7.28. The average Bonchev–Trinajstić information content (AvgIpc) is 3.35. The zero-order valence-corrected chi connectivity index (χ0v) is 19.0. The molecule has 1 aliphatic rings. The zero-order chi connectivity index (χ0) is 22.9. The molecule has 3 aromatic rings. The molecule has 2 N–H and O–H groups in total. The predicted molar refractivity (Wildman–Crippen MR) is 120 cm³/mol. The van der Waals surface area contributed by atoms with E-state index in [1.165, 1.54) is 19.1 Å². The van der Waals surface area contributed by atoms with E-state index >= 15 is 0 Å². The van der Waals surface area contributed by atoms with Gasteiger partial charge in [0.1, 0.15) is 0 Å². The molecule has 0 bridgehead atoms. The Bertz CT molecular complexity index is 1210. The number of hydrogen-bond donors (Lipinski definition) is 2. The van der Waals surface area contributed by atoms with Crippen LogP contribution in [0.5, 0.6) is 0 Å². The first-order valence-electron chi connectivity index (χ1n) is 9.91. The molecule has 0 saturated carbocycles. The van der Waals surface area contributed by atoms with Gasteiger partial charge in [0.2, 0.25) is 27.6 Å². The summed E-state index contributed by atoms with van der Waals surface area (Å²) in [6, 6.07) is 12.6. The highest BCUT2D eigenvalue weighted by Gasteiger charge is 2.36. The number of likely N-dealkylation sites (tertiary alicyclic amines) is 1. The standard InChI is InChI=1S/C21H22ClN5O4S/c1-13(28)23-16-7-9-18(10-8-16)32(29,30)26-17-11-19(27(2)12-17)21-24-20(25-31-21)14-3-5-15(22)6-4-14/h3-10,17,19,26H,11-12H2,1-2H3,(H,23,28)/t17-,19-/m0/s1. The topological polar surface area (TPSA) is 117 Å². The Morgan fingerprint density at radius 2 is 1.84 bits per heavy atom. The fraction of sp³-hybridized carbons (Fsp3) is 0.286. The second-order valence-corrected chi connectivity index (χ2v) is 9.83. The second-order valence-electron chi connectivity index (χ2n) is 7.68. The Labute approximate surface area is 190 Å². The summed E-state index contributed by atoms with van der Waals surface area (Å²) in [6.45, 7) is 1.88. The first-order chi connectivity index (χ1) is 15.2. The fourth-order valence-electron chi connectivity index (χ4n) is 3.67. The molecule has 168 valence electrons. The molecule has 9 nitrogen and oxygen atoms in total. The van der Waals surface area contributed by atoms with E-state index in [9.17, 15) is 13.2 Å². The van der Waals surface area contributed by atoms with Gasteiger partial charge in [0.25, 0.3) is 0 Å². The van der Waals surface area contributed by atoms with Gasteiger partial charge in [0.15, 0.2) is 0 Å². The normalized spacial score (nSPS) is 19.2. The predicted octanol–water partition coefficient (Wildman–Crippen LogP) is 3.07. The SMILES string of the molecule is CC(=O)Nc1ccc(S(=O)(=O)N[C@H]2C[C@@H](c3nc(-c4ccc(Cl)cc4)no3)N(C)C2)cc1. The monoisotopic (exact) mass is 475 g/mol. The van der Waals surface area contributed by atoms with Crippen molar-refractivity contribution in [1.29, 1.82) is 0 Å². The van der Waals surface area contributed by atoms with Crippen molar-refractivity contribution in [3.05, 3.63) is 59.4 Å². The number of rotatable bonds is 6. The van der Waals surface area contributed by atoms with Gasteiger partial charge in [-0.15, -0.1) is 0 Å². The number of hydrogen-bond acceptors (Lipinski definition) is 7. The van der Waals surface area contributed by atoms with Crippen LogP contribution in [0.3, 0.4) is 0 Å². The first kappa shape index (κ1) is 22.4. The Hall–Kier alpha value is -2.79. The van der Waals surface area contributed by atoms with Crippen LogP contribution in [0.4, 0.5) is 5.69 Å². The molecule has 0 unspecified atom stereocenters. The lowest BCUT2D eigenvalue weighted by atomic mass is 10.2. The van der Waals surface area contributed by atoms with E-state index in [-0.39, 0.29) is 22.9 Å². The zero-order valence-electron chi connectivity index (χ0n) is 17.4. The van der Waals surface area contributed by atoms with Crippen LogP contribution in [0, 0.1) is 0 Å². The van der Waals surface area contributed by atoms with Crippen molar-refractivity contribution in [1.82, 2.24) is 19.8 Å². The summed E-state index contributed by atoms with van der Waals surface area (Å²) in [7, 11) is -1.85. The number of likely N-dealkylation sites (N-methyl/N-ethyl adjacent to an activating group) is 1. The number of halogens is 1.